The number of anilines is 1. The Hall–Kier alpha value is -2.48. The Labute approximate surface area is 133 Å². The number of ether oxygens (including phenoxy) is 3. The van der Waals surface area contributed by atoms with Crippen LogP contribution in [0.1, 0.15) is 0 Å². The molecule has 0 radical (unpaired) electrons. The van der Waals surface area contributed by atoms with Crippen LogP contribution in [0.2, 0.25) is 0 Å². The number of hydrogen-bond donors (Lipinski definition) is 1. The molecule has 0 atom stereocenters. The van der Waals surface area contributed by atoms with E-state index >= 15 is 0 Å². The van der Waals surface area contributed by atoms with Crippen molar-refractivity contribution in [3.8, 4) is 17.2 Å². The first-order chi connectivity index (χ1) is 10.9. The van der Waals surface area contributed by atoms with Gasteiger partial charge in [0.2, 0.25) is 0 Å². The molecule has 0 aromatic heterocycles. The zero-order valence-corrected chi connectivity index (χ0v) is 13.6. The van der Waals surface area contributed by atoms with Crippen molar-refractivity contribution >= 4 is 15.7 Å². The Kier molecular flexibility index (Phi) is 4.95. The molecule has 0 saturated heterocycles. The Morgan fingerprint density at radius 1 is 0.957 bits per heavy atom. The van der Waals surface area contributed by atoms with E-state index in [4.69, 9.17) is 14.2 Å². The maximum atomic E-state index is 13.2. The maximum absolute atomic E-state index is 13.2. The molecule has 6 nitrogen and oxygen atoms in total. The van der Waals surface area contributed by atoms with E-state index in [9.17, 15) is 12.8 Å². The second-order valence-electron chi connectivity index (χ2n) is 4.48. The number of benzene rings is 2. The van der Waals surface area contributed by atoms with Gasteiger partial charge in [-0.25, -0.2) is 12.8 Å². The van der Waals surface area contributed by atoms with Gasteiger partial charge >= 0.3 is 0 Å². The third-order valence-electron chi connectivity index (χ3n) is 3.02. The molecule has 0 fully saturated rings. The molecular formula is C15H16FNO5S. The Morgan fingerprint density at radius 3 is 2.04 bits per heavy atom. The summed E-state index contributed by atoms with van der Waals surface area (Å²) in [5.74, 6) is -0.0857. The highest BCUT2D eigenvalue weighted by Crippen LogP contribution is 2.38. The topological polar surface area (TPSA) is 73.9 Å². The van der Waals surface area contributed by atoms with Crippen LogP contribution in [0.25, 0.3) is 0 Å². The fourth-order valence-electron chi connectivity index (χ4n) is 2.00. The molecule has 0 aliphatic heterocycles. The average Bonchev–Trinajstić information content (AvgIpc) is 2.52. The van der Waals surface area contributed by atoms with Crippen LogP contribution in [0.3, 0.4) is 0 Å². The second kappa shape index (κ2) is 6.74. The van der Waals surface area contributed by atoms with Gasteiger partial charge in [-0.2, -0.15) is 0 Å². The van der Waals surface area contributed by atoms with Crippen molar-refractivity contribution in [3.63, 3.8) is 0 Å². The molecular weight excluding hydrogens is 325 g/mol. The lowest BCUT2D eigenvalue weighted by molar-refractivity contribution is 0.359. The minimum Gasteiger partial charge on any atom is -0.496 e. The van der Waals surface area contributed by atoms with Gasteiger partial charge in [0.1, 0.15) is 23.1 Å². The third kappa shape index (κ3) is 3.65. The van der Waals surface area contributed by atoms with E-state index in [0.717, 1.165) is 6.07 Å². The highest BCUT2D eigenvalue weighted by Gasteiger charge is 2.26. The van der Waals surface area contributed by atoms with Crippen LogP contribution >= 0.6 is 0 Å². The Balaban J connectivity index is 2.54. The monoisotopic (exact) mass is 341 g/mol. The van der Waals surface area contributed by atoms with Crippen molar-refractivity contribution in [2.24, 2.45) is 0 Å². The molecule has 0 aliphatic carbocycles. The van der Waals surface area contributed by atoms with Crippen molar-refractivity contribution < 1.29 is 27.0 Å². The lowest BCUT2D eigenvalue weighted by Crippen LogP contribution is -2.15. The summed E-state index contributed by atoms with van der Waals surface area (Å²) in [5.41, 5.74) is 0.0879. The van der Waals surface area contributed by atoms with E-state index in [1.54, 1.807) is 0 Å². The summed E-state index contributed by atoms with van der Waals surface area (Å²) in [4.78, 5) is -0.201. The highest BCUT2D eigenvalue weighted by atomic mass is 32.2. The number of methoxy groups -OCH3 is 3. The van der Waals surface area contributed by atoms with Crippen LogP contribution in [0.15, 0.2) is 41.3 Å². The molecule has 23 heavy (non-hydrogen) atoms. The van der Waals surface area contributed by atoms with Crippen LogP contribution < -0.4 is 18.9 Å². The van der Waals surface area contributed by atoms with Gasteiger partial charge in [0.05, 0.1) is 27.0 Å². The lowest BCUT2D eigenvalue weighted by Gasteiger charge is -2.16. The fraction of sp³-hybridized carbons (Fsp3) is 0.200. The van der Waals surface area contributed by atoms with Crippen molar-refractivity contribution in [1.29, 1.82) is 0 Å². The average molecular weight is 341 g/mol. The second-order valence-corrected chi connectivity index (χ2v) is 6.10. The molecule has 0 unspecified atom stereocenters. The molecule has 0 aliphatic rings. The summed E-state index contributed by atoms with van der Waals surface area (Å²) in [5, 5.41) is 0. The molecule has 2 aromatic carbocycles. The minimum absolute atomic E-state index is 0.0464. The minimum atomic E-state index is -4.06. The molecule has 124 valence electrons. The normalized spacial score (nSPS) is 11.0. The number of halogens is 1. The Bertz CT molecular complexity index is 782. The van der Waals surface area contributed by atoms with Crippen LogP contribution in [-0.4, -0.2) is 29.7 Å². The maximum Gasteiger partial charge on any atom is 0.269 e. The summed E-state index contributed by atoms with van der Waals surface area (Å²) in [6.45, 7) is 0. The highest BCUT2D eigenvalue weighted by molar-refractivity contribution is 7.93. The molecule has 0 heterocycles. The smallest absolute Gasteiger partial charge is 0.269 e. The first-order valence-corrected chi connectivity index (χ1v) is 7.98. The van der Waals surface area contributed by atoms with Gasteiger partial charge in [-0.15, -0.1) is 0 Å². The predicted molar refractivity (Wildman–Crippen MR) is 83.3 cm³/mol. The van der Waals surface area contributed by atoms with Gasteiger partial charge < -0.3 is 14.2 Å². The predicted octanol–water partition coefficient (Wildman–Crippen LogP) is 2.65. The molecule has 0 spiro atoms. The molecule has 0 bridgehead atoms. The molecule has 1 N–H and O–H groups in total. The summed E-state index contributed by atoms with van der Waals surface area (Å²) in [6.07, 6.45) is 0. The molecule has 0 saturated carbocycles. The van der Waals surface area contributed by atoms with Crippen LogP contribution in [0.4, 0.5) is 10.1 Å². The standard InChI is InChI=1S/C15H16FNO5S/c1-20-12-8-13(21-2)15(14(9-12)22-3)23(18,19)17-11-6-4-5-10(16)7-11/h4-9,17H,1-3H3. The van der Waals surface area contributed by atoms with Gasteiger partial charge in [-0.1, -0.05) is 6.07 Å². The van der Waals surface area contributed by atoms with Gasteiger partial charge in [0.15, 0.2) is 4.90 Å². The lowest BCUT2D eigenvalue weighted by atomic mass is 10.3. The van der Waals surface area contributed by atoms with Crippen molar-refractivity contribution in [2.75, 3.05) is 26.1 Å². The summed E-state index contributed by atoms with van der Waals surface area (Å²) in [6, 6.07) is 7.95. The van der Waals surface area contributed by atoms with E-state index in [1.807, 2.05) is 0 Å². The number of rotatable bonds is 6. The van der Waals surface area contributed by atoms with Crippen molar-refractivity contribution in [3.05, 3.63) is 42.2 Å². The van der Waals surface area contributed by atoms with Gasteiger partial charge in [-0.3, -0.25) is 4.72 Å². The quantitative estimate of drug-likeness (QED) is 0.874. The Morgan fingerprint density at radius 2 is 1.57 bits per heavy atom. The van der Waals surface area contributed by atoms with Crippen molar-refractivity contribution in [1.82, 2.24) is 0 Å². The SMILES string of the molecule is COc1cc(OC)c(S(=O)(=O)Nc2cccc(F)c2)c(OC)c1. The molecule has 8 heteroatoms. The first kappa shape index (κ1) is 16.9. The molecule has 0 amide bonds. The van der Waals surface area contributed by atoms with Crippen LogP contribution in [0, 0.1) is 5.82 Å². The van der Waals surface area contributed by atoms with E-state index in [0.29, 0.717) is 5.75 Å². The van der Waals surface area contributed by atoms with E-state index in [-0.39, 0.29) is 22.1 Å². The van der Waals surface area contributed by atoms with E-state index < -0.39 is 15.8 Å². The van der Waals surface area contributed by atoms with Gasteiger partial charge in [0.25, 0.3) is 10.0 Å². The van der Waals surface area contributed by atoms with Gasteiger partial charge in [0, 0.05) is 12.1 Å². The first-order valence-electron chi connectivity index (χ1n) is 6.49. The van der Waals surface area contributed by atoms with Crippen LogP contribution in [-0.2, 0) is 10.0 Å². The zero-order chi connectivity index (χ0) is 17.0. The summed E-state index contributed by atoms with van der Waals surface area (Å²) >= 11 is 0. The molecule has 2 aromatic rings. The van der Waals surface area contributed by atoms with Gasteiger partial charge in [-0.05, 0) is 18.2 Å². The number of sulfonamides is 1. The number of hydrogen-bond acceptors (Lipinski definition) is 5. The summed E-state index contributed by atoms with van der Waals surface area (Å²) in [7, 11) is 0.0327. The van der Waals surface area contributed by atoms with E-state index in [2.05, 4.69) is 4.72 Å². The third-order valence-corrected chi connectivity index (χ3v) is 4.46. The summed E-state index contributed by atoms with van der Waals surface area (Å²) < 4.78 is 56.1. The zero-order valence-electron chi connectivity index (χ0n) is 12.8. The van der Waals surface area contributed by atoms with Crippen LogP contribution in [0.5, 0.6) is 17.2 Å². The van der Waals surface area contributed by atoms with E-state index in [1.165, 1.54) is 51.7 Å². The fourth-order valence-corrected chi connectivity index (χ4v) is 3.35. The molecule has 2 rings (SSSR count). The van der Waals surface area contributed by atoms with Crippen molar-refractivity contribution in [2.45, 2.75) is 4.90 Å². The largest absolute Gasteiger partial charge is 0.496 e. The number of nitrogens with one attached hydrogen (secondary N) is 1.